The Morgan fingerprint density at radius 2 is 1.68 bits per heavy atom. The molecular weight excluding hydrogens is 374 g/mol. The van der Waals surface area contributed by atoms with Gasteiger partial charge in [-0.15, -0.1) is 0 Å². The number of nitrogens with zero attached hydrogens (tertiary/aromatic N) is 1. The Morgan fingerprint density at radius 3 is 2.32 bits per heavy atom. The van der Waals surface area contributed by atoms with Crippen LogP contribution in [0.15, 0.2) is 65.1 Å². The predicted octanol–water partition coefficient (Wildman–Crippen LogP) is 2.82. The fourth-order valence-corrected chi connectivity index (χ4v) is 6.01. The van der Waals surface area contributed by atoms with Crippen LogP contribution in [0.3, 0.4) is 0 Å². The zero-order chi connectivity index (χ0) is 19.7. The Labute approximate surface area is 166 Å². The number of aliphatic hydroxyl groups excluding tert-OH is 1. The topological polar surface area (TPSA) is 66.8 Å². The van der Waals surface area contributed by atoms with Crippen molar-refractivity contribution in [2.75, 3.05) is 32.9 Å². The molecule has 28 heavy (non-hydrogen) atoms. The molecule has 1 aliphatic heterocycles. The monoisotopic (exact) mass is 399 g/mol. The van der Waals surface area contributed by atoms with E-state index in [0.717, 1.165) is 29.8 Å². The number of benzene rings is 2. The number of ether oxygens (including phenoxy) is 1. The predicted molar refractivity (Wildman–Crippen MR) is 108 cm³/mol. The number of hydrogen-bond donors (Lipinski definition) is 1. The van der Waals surface area contributed by atoms with E-state index in [0.29, 0.717) is 18.8 Å². The van der Waals surface area contributed by atoms with Crippen LogP contribution in [0.25, 0.3) is 0 Å². The molecule has 2 atom stereocenters. The smallest absolute Gasteiger partial charge is 0.189 e. The average Bonchev–Trinajstić information content (AvgIpc) is 2.73. The minimum Gasteiger partial charge on any atom is -0.392 e. The highest BCUT2D eigenvalue weighted by atomic mass is 32.2. The average molecular weight is 400 g/mol. The van der Waals surface area contributed by atoms with Crippen LogP contribution in [-0.4, -0.2) is 51.3 Å². The van der Waals surface area contributed by atoms with Crippen LogP contribution in [0.2, 0.25) is 0 Å². The van der Waals surface area contributed by atoms with Crippen LogP contribution < -0.4 is 0 Å². The van der Waals surface area contributed by atoms with E-state index in [1.54, 1.807) is 24.3 Å². The minimum absolute atomic E-state index is 0.0493. The van der Waals surface area contributed by atoms with Crippen molar-refractivity contribution in [3.63, 3.8) is 0 Å². The van der Waals surface area contributed by atoms with Crippen molar-refractivity contribution in [1.82, 2.24) is 4.90 Å². The van der Waals surface area contributed by atoms with Crippen molar-refractivity contribution < 1.29 is 18.3 Å². The molecule has 0 radical (unpaired) electrons. The molecule has 0 amide bonds. The summed E-state index contributed by atoms with van der Waals surface area (Å²) in [4.78, 5) is 2.56. The third kappa shape index (κ3) is 3.42. The van der Waals surface area contributed by atoms with Crippen molar-refractivity contribution in [3.05, 3.63) is 76.9 Å². The molecule has 1 fully saturated rings. The number of aryl methyl sites for hydroxylation is 1. The molecule has 1 saturated heterocycles. The summed E-state index contributed by atoms with van der Waals surface area (Å²) in [5.41, 5.74) is 3.29. The molecule has 2 aromatic rings. The third-order valence-electron chi connectivity index (χ3n) is 5.59. The van der Waals surface area contributed by atoms with Gasteiger partial charge in [-0.2, -0.15) is 0 Å². The zero-order valence-corrected chi connectivity index (χ0v) is 16.7. The van der Waals surface area contributed by atoms with Gasteiger partial charge in [0, 0.05) is 13.1 Å². The quantitative estimate of drug-likeness (QED) is 0.801. The summed E-state index contributed by atoms with van der Waals surface area (Å²) in [7, 11) is -3.68. The maximum Gasteiger partial charge on any atom is 0.189 e. The molecule has 6 heteroatoms. The van der Waals surface area contributed by atoms with Gasteiger partial charge in [-0.1, -0.05) is 48.0 Å². The molecule has 4 rings (SSSR count). The van der Waals surface area contributed by atoms with E-state index in [4.69, 9.17) is 4.74 Å². The largest absolute Gasteiger partial charge is 0.392 e. The highest BCUT2D eigenvalue weighted by Crippen LogP contribution is 2.44. The first-order valence-corrected chi connectivity index (χ1v) is 11.1. The Bertz CT molecular complexity index is 976. The van der Waals surface area contributed by atoms with Gasteiger partial charge in [0.15, 0.2) is 9.84 Å². The van der Waals surface area contributed by atoms with Crippen molar-refractivity contribution in [1.29, 1.82) is 0 Å². The number of hydrogen-bond acceptors (Lipinski definition) is 5. The molecule has 2 unspecified atom stereocenters. The molecule has 0 saturated carbocycles. The second-order valence-electron chi connectivity index (χ2n) is 7.36. The second kappa shape index (κ2) is 7.79. The van der Waals surface area contributed by atoms with Crippen LogP contribution in [0, 0.1) is 6.92 Å². The van der Waals surface area contributed by atoms with Gasteiger partial charge in [0.25, 0.3) is 0 Å². The molecule has 0 spiro atoms. The molecule has 1 N–H and O–H groups in total. The summed E-state index contributed by atoms with van der Waals surface area (Å²) in [6.45, 7) is 4.52. The van der Waals surface area contributed by atoms with Gasteiger partial charge in [-0.3, -0.25) is 4.90 Å². The van der Waals surface area contributed by atoms with E-state index in [2.05, 4.69) is 4.90 Å². The number of fused-ring (bicyclic) bond motifs is 1. The molecule has 5 nitrogen and oxygen atoms in total. The molecule has 2 aromatic carbocycles. The van der Waals surface area contributed by atoms with Crippen LogP contribution in [0.5, 0.6) is 0 Å². The van der Waals surface area contributed by atoms with E-state index < -0.39 is 15.1 Å². The number of aliphatic hydroxyl groups is 1. The molecule has 0 aromatic heterocycles. The normalized spacial score (nSPS) is 23.1. The van der Waals surface area contributed by atoms with Crippen molar-refractivity contribution in [2.24, 2.45) is 0 Å². The fraction of sp³-hybridized carbons (Fsp3) is 0.364. The number of sulfone groups is 1. The standard InChI is InChI=1S/C22H25NO4S/c1-16-6-8-18(9-7-16)28(25,26)22-17(15-24)14-21(23-10-12-27-13-11-23)19-4-2-3-5-20(19)22/h2-9,14,21-22,24H,10-13,15H2,1H3. The van der Waals surface area contributed by atoms with E-state index in [9.17, 15) is 13.5 Å². The lowest BCUT2D eigenvalue weighted by molar-refractivity contribution is 0.0245. The summed E-state index contributed by atoms with van der Waals surface area (Å²) >= 11 is 0. The van der Waals surface area contributed by atoms with Gasteiger partial charge in [-0.05, 0) is 35.8 Å². The SMILES string of the molecule is Cc1ccc(S(=O)(=O)C2C(CO)=CC(N3CCOCC3)c3ccccc32)cc1. The highest BCUT2D eigenvalue weighted by Gasteiger charge is 2.39. The van der Waals surface area contributed by atoms with E-state index in [1.807, 2.05) is 37.3 Å². The lowest BCUT2D eigenvalue weighted by Gasteiger charge is -2.38. The lowest BCUT2D eigenvalue weighted by Crippen LogP contribution is -2.40. The second-order valence-corrected chi connectivity index (χ2v) is 9.39. The van der Waals surface area contributed by atoms with Crippen molar-refractivity contribution in [2.45, 2.75) is 23.1 Å². The van der Waals surface area contributed by atoms with Gasteiger partial charge in [0.1, 0.15) is 5.25 Å². The van der Waals surface area contributed by atoms with Crippen LogP contribution in [-0.2, 0) is 14.6 Å². The number of morpholine rings is 1. The summed E-state index contributed by atoms with van der Waals surface area (Å²) < 4.78 is 32.5. The summed E-state index contributed by atoms with van der Waals surface area (Å²) in [5.74, 6) is 0. The van der Waals surface area contributed by atoms with Gasteiger partial charge in [0.2, 0.25) is 0 Å². The van der Waals surface area contributed by atoms with E-state index in [-0.39, 0.29) is 17.5 Å². The fourth-order valence-electron chi connectivity index (χ4n) is 4.12. The lowest BCUT2D eigenvalue weighted by atomic mass is 9.87. The molecule has 2 aliphatic rings. The molecular formula is C22H25NO4S. The van der Waals surface area contributed by atoms with E-state index in [1.165, 1.54) is 0 Å². The van der Waals surface area contributed by atoms with Gasteiger partial charge in [0.05, 0.1) is 30.8 Å². The minimum atomic E-state index is -3.68. The Kier molecular flexibility index (Phi) is 5.38. The Morgan fingerprint density at radius 1 is 1.04 bits per heavy atom. The maximum atomic E-state index is 13.5. The summed E-state index contributed by atoms with van der Waals surface area (Å²) in [6.07, 6.45) is 1.93. The summed E-state index contributed by atoms with van der Waals surface area (Å²) in [5, 5.41) is 9.21. The highest BCUT2D eigenvalue weighted by molar-refractivity contribution is 7.92. The first-order chi connectivity index (χ1) is 13.5. The van der Waals surface area contributed by atoms with Crippen molar-refractivity contribution in [3.8, 4) is 0 Å². The third-order valence-corrected chi connectivity index (χ3v) is 7.69. The first-order valence-electron chi connectivity index (χ1n) is 9.55. The molecule has 0 bridgehead atoms. The van der Waals surface area contributed by atoms with Gasteiger partial charge in [-0.25, -0.2) is 8.42 Å². The van der Waals surface area contributed by atoms with Crippen molar-refractivity contribution >= 4 is 9.84 Å². The Hall–Kier alpha value is -1.99. The first kappa shape index (κ1) is 19.3. The van der Waals surface area contributed by atoms with Crippen LogP contribution in [0.4, 0.5) is 0 Å². The van der Waals surface area contributed by atoms with Crippen LogP contribution >= 0.6 is 0 Å². The van der Waals surface area contributed by atoms with Gasteiger partial charge < -0.3 is 9.84 Å². The van der Waals surface area contributed by atoms with Gasteiger partial charge >= 0.3 is 0 Å². The Balaban J connectivity index is 1.82. The maximum absolute atomic E-state index is 13.5. The number of rotatable bonds is 4. The summed E-state index contributed by atoms with van der Waals surface area (Å²) in [6, 6.07) is 14.5. The zero-order valence-electron chi connectivity index (χ0n) is 15.9. The molecule has 1 aliphatic carbocycles. The van der Waals surface area contributed by atoms with E-state index >= 15 is 0 Å². The molecule has 148 valence electrons. The van der Waals surface area contributed by atoms with Crippen LogP contribution in [0.1, 0.15) is 28.0 Å². The molecule has 1 heterocycles.